The lowest BCUT2D eigenvalue weighted by atomic mass is 10.1. The average Bonchev–Trinajstić information content (AvgIpc) is 3.19. The number of pyridine rings is 2. The first-order chi connectivity index (χ1) is 28.5. The van der Waals surface area contributed by atoms with Crippen molar-refractivity contribution in [2.75, 3.05) is 0 Å². The molecular formula is C44H36ClF6N7O2S. The molecule has 0 unspecified atom stereocenters. The van der Waals surface area contributed by atoms with Crippen LogP contribution < -0.4 is 4.72 Å². The molecule has 61 heavy (non-hydrogen) atoms. The van der Waals surface area contributed by atoms with Gasteiger partial charge in [-0.05, 0) is 107 Å². The average molecular weight is 876 g/mol. The molecule has 0 fully saturated rings. The van der Waals surface area contributed by atoms with Crippen molar-refractivity contribution < 1.29 is 34.8 Å². The second kappa shape index (κ2) is 17.5. The molecule has 0 radical (unpaired) electrons. The molecule has 0 atom stereocenters. The van der Waals surface area contributed by atoms with Crippen LogP contribution in [0.1, 0.15) is 43.3 Å². The van der Waals surface area contributed by atoms with Gasteiger partial charge in [0.2, 0.25) is 10.0 Å². The highest BCUT2D eigenvalue weighted by atomic mass is 35.5. The second-order valence-electron chi connectivity index (χ2n) is 14.8. The Morgan fingerprint density at radius 1 is 0.525 bits per heavy atom. The SMILES string of the molecule is Cc1cc(-c2ccc(C(F)(F)F)cc2)nc(-c2ccnc(-c3cccc(S(=O)(=O)NC(C)(C)C)c3)c2)n1.Cc1cc(-c2ccc(C(F)(F)F)cc2)nc(-c2ccnc(Cl)c2)n1. The number of hydrogen-bond acceptors (Lipinski definition) is 8. The standard InChI is InChI=1S/C27H25F3N4O2S.C17H11ClF3N3/c1-17-14-24(18-8-10-21(11-9-18)27(28,29)30)33-25(32-17)20-12-13-31-23(16-20)19-6-5-7-22(15-19)37(35,36)34-26(2,3)4;1-10-8-14(11-2-4-13(5-3-11)17(19,20)21)24-16(23-10)12-6-7-22-15(18)9-12/h5-16,34H,1-4H3;2-9H,1H3. The number of benzene rings is 3. The third-order valence-corrected chi connectivity index (χ3v) is 10.6. The van der Waals surface area contributed by atoms with Gasteiger partial charge in [0.1, 0.15) is 5.15 Å². The molecule has 314 valence electrons. The maximum atomic E-state index is 12.9. The fourth-order valence-corrected chi connectivity index (χ4v) is 7.54. The Morgan fingerprint density at radius 3 is 1.46 bits per heavy atom. The van der Waals surface area contributed by atoms with Crippen LogP contribution in [0.2, 0.25) is 5.15 Å². The number of nitrogens with zero attached hydrogens (tertiary/aromatic N) is 6. The lowest BCUT2D eigenvalue weighted by Gasteiger charge is -2.20. The second-order valence-corrected chi connectivity index (χ2v) is 16.8. The zero-order valence-corrected chi connectivity index (χ0v) is 34.7. The molecule has 17 heteroatoms. The summed E-state index contributed by atoms with van der Waals surface area (Å²) in [5.41, 5.74) is 3.82. The quantitative estimate of drug-likeness (QED) is 0.124. The molecule has 7 aromatic rings. The molecule has 0 saturated heterocycles. The first-order valence-electron chi connectivity index (χ1n) is 18.3. The normalized spacial score (nSPS) is 12.1. The highest BCUT2D eigenvalue weighted by Gasteiger charge is 2.31. The van der Waals surface area contributed by atoms with Crippen molar-refractivity contribution >= 4 is 21.6 Å². The minimum absolute atomic E-state index is 0.114. The zero-order chi connectivity index (χ0) is 44.3. The minimum Gasteiger partial charge on any atom is -0.256 e. The lowest BCUT2D eigenvalue weighted by Crippen LogP contribution is -2.40. The topological polar surface area (TPSA) is 124 Å². The van der Waals surface area contributed by atoms with Gasteiger partial charge in [0, 0.05) is 57.1 Å². The van der Waals surface area contributed by atoms with Crippen LogP contribution in [0.5, 0.6) is 0 Å². The molecule has 4 heterocycles. The predicted molar refractivity (Wildman–Crippen MR) is 221 cm³/mol. The smallest absolute Gasteiger partial charge is 0.256 e. The van der Waals surface area contributed by atoms with Crippen LogP contribution >= 0.6 is 11.6 Å². The number of nitrogens with one attached hydrogen (secondary N) is 1. The maximum absolute atomic E-state index is 12.9. The molecule has 4 aromatic heterocycles. The Labute approximate surface area is 353 Å². The van der Waals surface area contributed by atoms with Gasteiger partial charge in [-0.15, -0.1) is 0 Å². The van der Waals surface area contributed by atoms with E-state index in [2.05, 4.69) is 34.6 Å². The van der Waals surface area contributed by atoms with Crippen molar-refractivity contribution in [3.63, 3.8) is 0 Å². The largest absolute Gasteiger partial charge is 0.416 e. The Kier molecular flexibility index (Phi) is 12.7. The molecule has 0 aliphatic carbocycles. The van der Waals surface area contributed by atoms with Crippen molar-refractivity contribution in [1.29, 1.82) is 0 Å². The van der Waals surface area contributed by atoms with E-state index in [9.17, 15) is 34.8 Å². The van der Waals surface area contributed by atoms with Gasteiger partial charge < -0.3 is 0 Å². The molecular weight excluding hydrogens is 840 g/mol. The van der Waals surface area contributed by atoms with Crippen LogP contribution in [-0.2, 0) is 22.4 Å². The number of sulfonamides is 1. The van der Waals surface area contributed by atoms with Gasteiger partial charge in [0.05, 0.1) is 33.1 Å². The molecule has 0 bridgehead atoms. The summed E-state index contributed by atoms with van der Waals surface area (Å²) in [7, 11) is -3.74. The van der Waals surface area contributed by atoms with E-state index in [0.717, 1.165) is 24.3 Å². The number of hydrogen-bond donors (Lipinski definition) is 1. The summed E-state index contributed by atoms with van der Waals surface area (Å²) in [6.45, 7) is 8.86. The summed E-state index contributed by atoms with van der Waals surface area (Å²) >= 11 is 5.88. The van der Waals surface area contributed by atoms with Crippen molar-refractivity contribution in [2.45, 2.75) is 57.4 Å². The van der Waals surface area contributed by atoms with Crippen LogP contribution in [0.25, 0.3) is 56.5 Å². The van der Waals surface area contributed by atoms with Crippen LogP contribution in [0.15, 0.2) is 126 Å². The Bertz CT molecular complexity index is 2800. The van der Waals surface area contributed by atoms with Gasteiger partial charge in [0.15, 0.2) is 11.6 Å². The Hall–Kier alpha value is -6.10. The van der Waals surface area contributed by atoms with E-state index in [-0.39, 0.29) is 4.90 Å². The number of aromatic nitrogens is 6. The van der Waals surface area contributed by atoms with Crippen molar-refractivity contribution in [3.8, 4) is 56.5 Å². The predicted octanol–water partition coefficient (Wildman–Crippen LogP) is 11.5. The number of alkyl halides is 6. The van der Waals surface area contributed by atoms with Gasteiger partial charge >= 0.3 is 12.4 Å². The molecule has 9 nitrogen and oxygen atoms in total. The zero-order valence-electron chi connectivity index (χ0n) is 33.1. The first-order valence-corrected chi connectivity index (χ1v) is 20.2. The van der Waals surface area contributed by atoms with Crippen molar-refractivity contribution in [3.05, 3.63) is 149 Å². The monoisotopic (exact) mass is 875 g/mol. The lowest BCUT2D eigenvalue weighted by molar-refractivity contribution is -0.138. The molecule has 0 spiro atoms. The van der Waals surface area contributed by atoms with Crippen LogP contribution in [0.3, 0.4) is 0 Å². The molecule has 0 aliphatic heterocycles. The van der Waals surface area contributed by atoms with Gasteiger partial charge in [-0.3, -0.25) is 4.98 Å². The molecule has 0 saturated carbocycles. The summed E-state index contributed by atoms with van der Waals surface area (Å²) < 4.78 is 105. The summed E-state index contributed by atoms with van der Waals surface area (Å²) in [5.74, 6) is 0.811. The highest BCUT2D eigenvalue weighted by molar-refractivity contribution is 7.89. The summed E-state index contributed by atoms with van der Waals surface area (Å²) in [6.07, 6.45) is -5.67. The Morgan fingerprint density at radius 2 is 1.00 bits per heavy atom. The minimum atomic E-state index is -4.42. The van der Waals surface area contributed by atoms with Crippen molar-refractivity contribution in [2.24, 2.45) is 0 Å². The van der Waals surface area contributed by atoms with Gasteiger partial charge in [-0.25, -0.2) is 38.1 Å². The van der Waals surface area contributed by atoms with Gasteiger partial charge in [-0.2, -0.15) is 26.3 Å². The van der Waals surface area contributed by atoms with E-state index in [0.29, 0.717) is 73.1 Å². The van der Waals surface area contributed by atoms with E-state index in [1.54, 1.807) is 102 Å². The van der Waals surface area contributed by atoms with E-state index < -0.39 is 39.0 Å². The first kappa shape index (κ1) is 44.5. The molecule has 3 aromatic carbocycles. The molecule has 0 amide bonds. The van der Waals surface area contributed by atoms with Crippen molar-refractivity contribution in [1.82, 2.24) is 34.6 Å². The van der Waals surface area contributed by atoms with Crippen LogP contribution in [0.4, 0.5) is 26.3 Å². The fraction of sp³-hybridized carbons (Fsp3) is 0.182. The third kappa shape index (κ3) is 11.6. The third-order valence-electron chi connectivity index (χ3n) is 8.61. The molecule has 1 N–H and O–H groups in total. The fourth-order valence-electron chi connectivity index (χ4n) is 5.90. The van der Waals surface area contributed by atoms with Crippen LogP contribution in [-0.4, -0.2) is 43.9 Å². The highest BCUT2D eigenvalue weighted by Crippen LogP contribution is 2.33. The Balaban J connectivity index is 0.000000223. The molecule has 0 aliphatic rings. The maximum Gasteiger partial charge on any atom is 0.416 e. The summed E-state index contributed by atoms with van der Waals surface area (Å²) in [6, 6.07) is 26.4. The van der Waals surface area contributed by atoms with Gasteiger partial charge in [0.25, 0.3) is 0 Å². The number of halogens is 7. The van der Waals surface area contributed by atoms with Crippen LogP contribution in [0, 0.1) is 13.8 Å². The van der Waals surface area contributed by atoms with E-state index in [4.69, 9.17) is 11.6 Å². The summed E-state index contributed by atoms with van der Waals surface area (Å²) in [5, 5.41) is 0.314. The number of aryl methyl sites for hydroxylation is 2. The van der Waals surface area contributed by atoms with Gasteiger partial charge in [-0.1, -0.05) is 48.0 Å². The summed E-state index contributed by atoms with van der Waals surface area (Å²) in [4.78, 5) is 26.3. The van der Waals surface area contributed by atoms with E-state index >= 15 is 0 Å². The van der Waals surface area contributed by atoms with E-state index in [1.807, 2.05) is 0 Å². The number of rotatable bonds is 7. The molecule has 7 rings (SSSR count). The van der Waals surface area contributed by atoms with E-state index in [1.165, 1.54) is 30.3 Å².